The van der Waals surface area contributed by atoms with E-state index in [-0.39, 0.29) is 11.9 Å². The first-order valence-corrected chi connectivity index (χ1v) is 9.38. The van der Waals surface area contributed by atoms with Gasteiger partial charge in [0.05, 0.1) is 6.61 Å². The van der Waals surface area contributed by atoms with Crippen LogP contribution in [0.5, 0.6) is 0 Å². The van der Waals surface area contributed by atoms with Gasteiger partial charge in [0.25, 0.3) is 0 Å². The summed E-state index contributed by atoms with van der Waals surface area (Å²) in [6.45, 7) is 2.77. The molecule has 2 atom stereocenters. The van der Waals surface area contributed by atoms with E-state index in [0.29, 0.717) is 6.61 Å². The van der Waals surface area contributed by atoms with Crippen molar-refractivity contribution in [2.24, 2.45) is 0 Å². The second-order valence-electron chi connectivity index (χ2n) is 6.13. The maximum Gasteiger partial charge on any atom is 0.123 e. The number of fused-ring (bicyclic) bond motifs is 1. The third-order valence-corrected chi connectivity index (χ3v) is 5.48. The molecule has 0 saturated carbocycles. The maximum atomic E-state index is 13.7. The molecule has 0 N–H and O–H groups in total. The minimum Gasteiger partial charge on any atom is -0.368 e. The summed E-state index contributed by atoms with van der Waals surface area (Å²) in [5, 5.41) is 0. The number of rotatable bonds is 3. The zero-order valence-electron chi connectivity index (χ0n) is 13.5. The van der Waals surface area contributed by atoms with Crippen molar-refractivity contribution in [3.05, 3.63) is 70.5 Å². The van der Waals surface area contributed by atoms with Crippen LogP contribution >= 0.6 is 0 Å². The number of hydrogen-bond donors (Lipinski definition) is 0. The predicted molar refractivity (Wildman–Crippen MR) is 95.4 cm³/mol. The number of epoxide rings is 1. The molecule has 1 heterocycles. The van der Waals surface area contributed by atoms with Crippen molar-refractivity contribution in [1.29, 1.82) is 0 Å². The Hall–Kier alpha value is -2.04. The molecule has 2 unspecified atom stereocenters. The minimum absolute atomic E-state index is 0.0846. The summed E-state index contributed by atoms with van der Waals surface area (Å²) in [5.41, 5.74) is 6.35. The highest BCUT2D eigenvalue weighted by Gasteiger charge is 2.36. The lowest BCUT2D eigenvalue weighted by Crippen LogP contribution is -1.92. The van der Waals surface area contributed by atoms with E-state index in [4.69, 9.17) is 4.74 Å². The molecule has 2 aliphatic rings. The van der Waals surface area contributed by atoms with Crippen LogP contribution in [0.4, 0.5) is 4.39 Å². The Morgan fingerprint density at radius 3 is 2.50 bits per heavy atom. The highest BCUT2D eigenvalue weighted by Crippen LogP contribution is 2.46. The van der Waals surface area contributed by atoms with Gasteiger partial charge in [-0.15, -0.1) is 0 Å². The molecule has 0 spiro atoms. The highest BCUT2D eigenvalue weighted by molar-refractivity contribution is 7.84. The average Bonchev–Trinajstić information content (AvgIpc) is 3.35. The molecule has 122 valence electrons. The molecule has 2 aromatic rings. The van der Waals surface area contributed by atoms with Crippen LogP contribution in [-0.4, -0.2) is 23.2 Å². The topological polar surface area (TPSA) is 29.6 Å². The lowest BCUT2D eigenvalue weighted by Gasteiger charge is -2.05. The van der Waals surface area contributed by atoms with E-state index in [2.05, 4.69) is 13.0 Å². The number of benzene rings is 2. The van der Waals surface area contributed by atoms with Crippen molar-refractivity contribution in [3.63, 3.8) is 0 Å². The van der Waals surface area contributed by atoms with Crippen LogP contribution in [0, 0.1) is 5.82 Å². The fourth-order valence-electron chi connectivity index (χ4n) is 3.26. The fourth-order valence-corrected chi connectivity index (χ4v) is 3.78. The van der Waals surface area contributed by atoms with Crippen molar-refractivity contribution in [2.75, 3.05) is 12.9 Å². The van der Waals surface area contributed by atoms with Crippen molar-refractivity contribution in [2.45, 2.75) is 17.9 Å². The van der Waals surface area contributed by atoms with E-state index in [1.165, 1.54) is 6.07 Å². The van der Waals surface area contributed by atoms with Crippen molar-refractivity contribution in [3.8, 4) is 0 Å². The largest absolute Gasteiger partial charge is 0.368 e. The Balaban J connectivity index is 1.81. The highest BCUT2D eigenvalue weighted by atomic mass is 32.2. The van der Waals surface area contributed by atoms with E-state index >= 15 is 0 Å². The van der Waals surface area contributed by atoms with E-state index in [9.17, 15) is 8.60 Å². The van der Waals surface area contributed by atoms with Crippen molar-refractivity contribution < 1.29 is 13.3 Å². The molecule has 4 heteroatoms. The van der Waals surface area contributed by atoms with Crippen LogP contribution in [0.3, 0.4) is 0 Å². The number of halogens is 1. The van der Waals surface area contributed by atoms with Gasteiger partial charge in [-0.1, -0.05) is 18.2 Å². The molecule has 1 aliphatic heterocycles. The zero-order valence-corrected chi connectivity index (χ0v) is 14.3. The van der Waals surface area contributed by atoms with Crippen molar-refractivity contribution in [1.82, 2.24) is 0 Å². The number of ether oxygens (including phenoxy) is 1. The van der Waals surface area contributed by atoms with E-state index < -0.39 is 10.8 Å². The SMILES string of the molecule is CC1=C(C2CO2)c2cc(F)ccc2/C1=C\c1ccc(S(C)=O)cc1. The Labute approximate surface area is 143 Å². The van der Waals surface area contributed by atoms with Gasteiger partial charge < -0.3 is 4.74 Å². The summed E-state index contributed by atoms with van der Waals surface area (Å²) in [4.78, 5) is 0.811. The molecule has 0 aromatic heterocycles. The average molecular weight is 340 g/mol. The van der Waals surface area contributed by atoms with Gasteiger partial charge in [-0.3, -0.25) is 4.21 Å². The van der Waals surface area contributed by atoms with Crippen LogP contribution in [0.1, 0.15) is 23.6 Å². The number of allylic oxidation sites excluding steroid dienone is 2. The first-order valence-electron chi connectivity index (χ1n) is 7.83. The molecule has 2 nitrogen and oxygen atoms in total. The zero-order chi connectivity index (χ0) is 16.8. The van der Waals surface area contributed by atoms with Crippen molar-refractivity contribution >= 4 is 28.0 Å². The molecule has 4 rings (SSSR count). The lowest BCUT2D eigenvalue weighted by molar-refractivity contribution is 0.444. The first-order chi connectivity index (χ1) is 11.5. The predicted octanol–water partition coefficient (Wildman–Crippen LogP) is 4.29. The fraction of sp³-hybridized carbons (Fsp3) is 0.200. The van der Waals surface area contributed by atoms with Gasteiger partial charge >= 0.3 is 0 Å². The molecular weight excluding hydrogens is 323 g/mol. The molecule has 0 radical (unpaired) electrons. The molecule has 24 heavy (non-hydrogen) atoms. The van der Waals surface area contributed by atoms with Gasteiger partial charge in [0.15, 0.2) is 0 Å². The molecular formula is C20H17FO2S. The van der Waals surface area contributed by atoms with E-state index in [1.807, 2.05) is 30.3 Å². The first kappa shape index (κ1) is 15.5. The third kappa shape index (κ3) is 2.66. The van der Waals surface area contributed by atoms with Gasteiger partial charge in [0.1, 0.15) is 11.9 Å². The molecule has 1 fully saturated rings. The Morgan fingerprint density at radius 1 is 1.17 bits per heavy atom. The van der Waals surface area contributed by atoms with Gasteiger partial charge in [-0.25, -0.2) is 4.39 Å². The quantitative estimate of drug-likeness (QED) is 0.780. The summed E-state index contributed by atoms with van der Waals surface area (Å²) < 4.78 is 30.7. The van der Waals surface area contributed by atoms with E-state index in [0.717, 1.165) is 38.3 Å². The van der Waals surface area contributed by atoms with Crippen LogP contribution in [0.25, 0.3) is 17.2 Å². The smallest absolute Gasteiger partial charge is 0.123 e. The summed E-state index contributed by atoms with van der Waals surface area (Å²) >= 11 is 0. The molecule has 0 bridgehead atoms. The normalized spacial score (nSPS) is 22.0. The maximum absolute atomic E-state index is 13.7. The minimum atomic E-state index is -0.979. The molecule has 1 aliphatic carbocycles. The second kappa shape index (κ2) is 5.80. The molecule has 0 amide bonds. The molecule has 1 saturated heterocycles. The van der Waals surface area contributed by atoms with Crippen LogP contribution in [0.2, 0.25) is 0 Å². The van der Waals surface area contributed by atoms with Crippen LogP contribution < -0.4 is 0 Å². The summed E-state index contributed by atoms with van der Waals surface area (Å²) in [5.74, 6) is -0.226. The monoisotopic (exact) mass is 340 g/mol. The second-order valence-corrected chi connectivity index (χ2v) is 7.51. The summed E-state index contributed by atoms with van der Waals surface area (Å²) in [6.07, 6.45) is 3.86. The third-order valence-electron chi connectivity index (χ3n) is 4.55. The summed E-state index contributed by atoms with van der Waals surface area (Å²) in [7, 11) is -0.979. The van der Waals surface area contributed by atoms with Gasteiger partial charge in [-0.2, -0.15) is 0 Å². The number of hydrogen-bond acceptors (Lipinski definition) is 2. The van der Waals surface area contributed by atoms with Gasteiger partial charge in [0.2, 0.25) is 0 Å². The lowest BCUT2D eigenvalue weighted by atomic mass is 10.0. The van der Waals surface area contributed by atoms with Crippen LogP contribution in [-0.2, 0) is 15.5 Å². The van der Waals surface area contributed by atoms with Crippen LogP contribution in [0.15, 0.2) is 52.9 Å². The standard InChI is InChI=1S/C20H17FO2S/c1-12-17(9-13-3-6-15(7-4-13)24(2)22)16-8-5-14(21)10-18(16)20(12)19-11-23-19/h3-10,19H,11H2,1-2H3/b17-9-. The Bertz CT molecular complexity index is 906. The van der Waals surface area contributed by atoms with Gasteiger partial charge in [-0.05, 0) is 70.7 Å². The summed E-state index contributed by atoms with van der Waals surface area (Å²) in [6, 6.07) is 12.6. The van der Waals surface area contributed by atoms with E-state index in [1.54, 1.807) is 12.3 Å². The van der Waals surface area contributed by atoms with Gasteiger partial charge in [0, 0.05) is 22.0 Å². The molecule has 2 aromatic carbocycles. The Kier molecular flexibility index (Phi) is 3.74. The Morgan fingerprint density at radius 2 is 1.88 bits per heavy atom.